The minimum atomic E-state index is -0.0349. The molecule has 3 rings (SSSR count). The number of carbonyl (C=O) groups excluding carboxylic acids is 1. The minimum absolute atomic E-state index is 0.0349. The smallest absolute Gasteiger partial charge is 0.224 e. The molecule has 0 bridgehead atoms. The molecule has 1 aromatic heterocycles. The highest BCUT2D eigenvalue weighted by Crippen LogP contribution is 2.25. The van der Waals surface area contributed by atoms with Crippen molar-refractivity contribution in [3.05, 3.63) is 29.5 Å². The predicted octanol–water partition coefficient (Wildman–Crippen LogP) is 0.864. The fraction of sp³-hybridized carbons (Fsp3) is 0.333. The third-order valence-electron chi connectivity index (χ3n) is 3.18. The average molecular weight is 293 g/mol. The van der Waals surface area contributed by atoms with Gasteiger partial charge in [-0.3, -0.25) is 4.79 Å². The van der Waals surface area contributed by atoms with Gasteiger partial charge in [-0.1, -0.05) is 11.6 Å². The van der Waals surface area contributed by atoms with Crippen molar-refractivity contribution in [3.63, 3.8) is 0 Å². The maximum absolute atomic E-state index is 11.9. The van der Waals surface area contributed by atoms with Gasteiger partial charge in [-0.15, -0.1) is 5.10 Å². The molecule has 1 saturated heterocycles. The quantitative estimate of drug-likeness (QED) is 0.873. The normalized spacial score (nSPS) is 14.8. The van der Waals surface area contributed by atoms with Gasteiger partial charge < -0.3 is 10.6 Å². The summed E-state index contributed by atoms with van der Waals surface area (Å²) in [5.41, 5.74) is 1.30. The van der Waals surface area contributed by atoms with E-state index < -0.39 is 0 Å². The van der Waals surface area contributed by atoms with Crippen LogP contribution in [0.15, 0.2) is 24.5 Å². The van der Waals surface area contributed by atoms with Crippen molar-refractivity contribution in [2.45, 2.75) is 6.42 Å². The van der Waals surface area contributed by atoms with Gasteiger partial charge in [0.1, 0.15) is 6.33 Å². The van der Waals surface area contributed by atoms with E-state index in [1.807, 2.05) is 0 Å². The topological polar surface area (TPSA) is 84.7 Å². The zero-order valence-electron chi connectivity index (χ0n) is 10.6. The number of hydrogen-bond donors (Lipinski definition) is 2. The van der Waals surface area contributed by atoms with Crippen molar-refractivity contribution in [2.24, 2.45) is 5.92 Å². The Kier molecular flexibility index (Phi) is 3.62. The molecule has 7 nitrogen and oxygen atoms in total. The summed E-state index contributed by atoms with van der Waals surface area (Å²) in [5.74, 6) is 0.378. The van der Waals surface area contributed by atoms with E-state index in [1.165, 1.54) is 11.0 Å². The van der Waals surface area contributed by atoms with E-state index in [1.54, 1.807) is 18.2 Å². The number of carbonyl (C=O) groups is 1. The van der Waals surface area contributed by atoms with Gasteiger partial charge in [0.2, 0.25) is 5.91 Å². The van der Waals surface area contributed by atoms with E-state index in [2.05, 4.69) is 26.2 Å². The number of tetrazole rings is 1. The first-order chi connectivity index (χ1) is 9.72. The second kappa shape index (κ2) is 5.56. The van der Waals surface area contributed by atoms with Crippen molar-refractivity contribution in [1.82, 2.24) is 25.5 Å². The van der Waals surface area contributed by atoms with Crippen LogP contribution >= 0.6 is 11.6 Å². The number of amides is 1. The van der Waals surface area contributed by atoms with Crippen LogP contribution in [0.25, 0.3) is 5.69 Å². The lowest BCUT2D eigenvalue weighted by Gasteiger charge is -2.26. The van der Waals surface area contributed by atoms with Crippen LogP contribution in [0, 0.1) is 5.92 Å². The molecular weight excluding hydrogens is 280 g/mol. The number of hydrogen-bond acceptors (Lipinski definition) is 5. The summed E-state index contributed by atoms with van der Waals surface area (Å²) >= 11 is 6.10. The molecule has 1 amide bonds. The number of aromatic nitrogens is 4. The Morgan fingerprint density at radius 1 is 1.50 bits per heavy atom. The molecule has 0 unspecified atom stereocenters. The predicted molar refractivity (Wildman–Crippen MR) is 73.8 cm³/mol. The number of nitrogens with one attached hydrogen (secondary N) is 2. The summed E-state index contributed by atoms with van der Waals surface area (Å²) in [6.07, 6.45) is 1.98. The maximum atomic E-state index is 11.9. The fourth-order valence-electron chi connectivity index (χ4n) is 1.99. The van der Waals surface area contributed by atoms with Gasteiger partial charge in [-0.05, 0) is 47.6 Å². The zero-order valence-corrected chi connectivity index (χ0v) is 11.3. The van der Waals surface area contributed by atoms with Gasteiger partial charge in [-0.2, -0.15) is 0 Å². The molecule has 2 heterocycles. The van der Waals surface area contributed by atoms with Gasteiger partial charge in [0.25, 0.3) is 0 Å². The molecule has 20 heavy (non-hydrogen) atoms. The molecule has 0 atom stereocenters. The molecule has 1 aliphatic heterocycles. The monoisotopic (exact) mass is 292 g/mol. The standard InChI is InChI=1S/C12H13ClN6O/c13-10-2-1-9(19-7-15-17-18-19)4-11(10)16-12(20)3-8-5-14-6-8/h1-2,4,7-8,14H,3,5-6H2,(H,16,20). The molecular formula is C12H13ClN6O. The number of benzene rings is 1. The van der Waals surface area contributed by atoms with Crippen LogP contribution in [0.2, 0.25) is 5.02 Å². The number of nitrogens with zero attached hydrogens (tertiary/aromatic N) is 4. The van der Waals surface area contributed by atoms with Crippen LogP contribution in [0.3, 0.4) is 0 Å². The van der Waals surface area contributed by atoms with Crippen LogP contribution in [-0.2, 0) is 4.79 Å². The molecule has 0 radical (unpaired) electrons. The number of halogens is 1. The summed E-state index contributed by atoms with van der Waals surface area (Å²) in [5, 5.41) is 17.4. The molecule has 0 spiro atoms. The van der Waals surface area contributed by atoms with E-state index in [9.17, 15) is 4.79 Å². The largest absolute Gasteiger partial charge is 0.325 e. The van der Waals surface area contributed by atoms with E-state index in [4.69, 9.17) is 11.6 Å². The first-order valence-electron chi connectivity index (χ1n) is 6.26. The Balaban J connectivity index is 1.74. The highest BCUT2D eigenvalue weighted by molar-refractivity contribution is 6.33. The first-order valence-corrected chi connectivity index (χ1v) is 6.63. The van der Waals surface area contributed by atoms with E-state index in [0.717, 1.165) is 18.8 Å². The molecule has 8 heteroatoms. The highest BCUT2D eigenvalue weighted by atomic mass is 35.5. The second-order valence-electron chi connectivity index (χ2n) is 4.70. The van der Waals surface area contributed by atoms with E-state index >= 15 is 0 Å². The molecule has 104 valence electrons. The summed E-state index contributed by atoms with van der Waals surface area (Å²) < 4.78 is 1.50. The van der Waals surface area contributed by atoms with Crippen LogP contribution < -0.4 is 10.6 Å². The van der Waals surface area contributed by atoms with Crippen molar-refractivity contribution in [3.8, 4) is 5.69 Å². The third-order valence-corrected chi connectivity index (χ3v) is 3.51. The zero-order chi connectivity index (χ0) is 13.9. The Labute approximate surface area is 120 Å². The maximum Gasteiger partial charge on any atom is 0.224 e. The van der Waals surface area contributed by atoms with E-state index in [0.29, 0.717) is 23.0 Å². The molecule has 0 saturated carbocycles. The van der Waals surface area contributed by atoms with Gasteiger partial charge in [0, 0.05) is 6.42 Å². The van der Waals surface area contributed by atoms with Crippen LogP contribution in [0.4, 0.5) is 5.69 Å². The Hall–Kier alpha value is -1.99. The van der Waals surface area contributed by atoms with Crippen LogP contribution in [-0.4, -0.2) is 39.2 Å². The van der Waals surface area contributed by atoms with Gasteiger partial charge in [-0.25, -0.2) is 4.68 Å². The summed E-state index contributed by atoms with van der Waals surface area (Å²) in [7, 11) is 0. The molecule has 1 aromatic carbocycles. The Bertz CT molecular complexity index is 610. The first kappa shape index (κ1) is 13.0. The molecule has 2 aromatic rings. The highest BCUT2D eigenvalue weighted by Gasteiger charge is 2.20. The van der Waals surface area contributed by atoms with Crippen molar-refractivity contribution in [1.29, 1.82) is 0 Å². The lowest BCUT2D eigenvalue weighted by molar-refractivity contribution is -0.117. The number of anilines is 1. The lowest BCUT2D eigenvalue weighted by Crippen LogP contribution is -2.43. The summed E-state index contributed by atoms with van der Waals surface area (Å²) in [6.45, 7) is 1.79. The van der Waals surface area contributed by atoms with Crippen molar-refractivity contribution < 1.29 is 4.79 Å². The van der Waals surface area contributed by atoms with E-state index in [-0.39, 0.29) is 5.91 Å². The van der Waals surface area contributed by atoms with Crippen LogP contribution in [0.1, 0.15) is 6.42 Å². The van der Waals surface area contributed by atoms with Crippen molar-refractivity contribution >= 4 is 23.2 Å². The number of rotatable bonds is 4. The van der Waals surface area contributed by atoms with Gasteiger partial charge >= 0.3 is 0 Å². The Morgan fingerprint density at radius 3 is 3.00 bits per heavy atom. The Morgan fingerprint density at radius 2 is 2.35 bits per heavy atom. The SMILES string of the molecule is O=C(CC1CNC1)Nc1cc(-n2cnnn2)ccc1Cl. The summed E-state index contributed by atoms with van der Waals surface area (Å²) in [6, 6.07) is 5.24. The van der Waals surface area contributed by atoms with Gasteiger partial charge in [0.05, 0.1) is 16.4 Å². The molecule has 1 fully saturated rings. The molecule has 0 aliphatic carbocycles. The average Bonchev–Trinajstić information content (AvgIpc) is 2.90. The lowest BCUT2D eigenvalue weighted by atomic mass is 9.99. The fourth-order valence-corrected chi connectivity index (χ4v) is 2.15. The third kappa shape index (κ3) is 2.78. The van der Waals surface area contributed by atoms with Gasteiger partial charge in [0.15, 0.2) is 0 Å². The van der Waals surface area contributed by atoms with Crippen LogP contribution in [0.5, 0.6) is 0 Å². The minimum Gasteiger partial charge on any atom is -0.325 e. The van der Waals surface area contributed by atoms with Crippen molar-refractivity contribution in [2.75, 3.05) is 18.4 Å². The molecule has 1 aliphatic rings. The summed E-state index contributed by atoms with van der Waals surface area (Å²) in [4.78, 5) is 11.9. The molecule has 2 N–H and O–H groups in total. The second-order valence-corrected chi connectivity index (χ2v) is 5.10.